The van der Waals surface area contributed by atoms with E-state index in [0.29, 0.717) is 13.2 Å². The van der Waals surface area contributed by atoms with Crippen LogP contribution < -0.4 is 9.75 Å². The molecule has 1 aliphatic heterocycles. The first kappa shape index (κ1) is 18.1. The van der Waals surface area contributed by atoms with Gasteiger partial charge in [-0.3, -0.25) is 9.79 Å². The first-order valence-electron chi connectivity index (χ1n) is 8.17. The third-order valence-electron chi connectivity index (χ3n) is 3.91. The van der Waals surface area contributed by atoms with E-state index in [1.807, 2.05) is 31.2 Å². The summed E-state index contributed by atoms with van der Waals surface area (Å²) in [6.07, 6.45) is 1.71. The summed E-state index contributed by atoms with van der Waals surface area (Å²) in [6, 6.07) is 7.32. The molecule has 1 aromatic rings. The molecule has 0 saturated heterocycles. The molecule has 6 nitrogen and oxygen atoms in total. The average molecular weight is 331 g/mol. The number of carbonyl (C=O) groups is 1. The van der Waals surface area contributed by atoms with Crippen molar-refractivity contribution < 1.29 is 14.3 Å². The van der Waals surface area contributed by atoms with E-state index in [2.05, 4.69) is 17.0 Å². The van der Waals surface area contributed by atoms with Gasteiger partial charge in [-0.25, -0.2) is 0 Å². The Bertz CT molecular complexity index is 623. The topological polar surface area (TPSA) is 63.5 Å². The molecule has 1 heterocycles. The zero-order chi connectivity index (χ0) is 17.5. The Kier molecular flexibility index (Phi) is 6.49. The molecular weight excluding hydrogens is 306 g/mol. The molecule has 0 bridgehead atoms. The molecule has 1 aromatic carbocycles. The van der Waals surface area contributed by atoms with E-state index in [1.54, 1.807) is 14.2 Å². The van der Waals surface area contributed by atoms with Crippen molar-refractivity contribution in [3.05, 3.63) is 24.3 Å². The summed E-state index contributed by atoms with van der Waals surface area (Å²) >= 11 is 0. The predicted molar refractivity (Wildman–Crippen MR) is 96.2 cm³/mol. The number of rotatable bonds is 8. The van der Waals surface area contributed by atoms with E-state index in [1.165, 1.54) is 5.01 Å². The highest BCUT2D eigenvalue weighted by molar-refractivity contribution is 6.28. The number of benzene rings is 1. The number of hydrogen-bond donors (Lipinski definition) is 0. The van der Waals surface area contributed by atoms with Gasteiger partial charge < -0.3 is 9.47 Å². The van der Waals surface area contributed by atoms with Gasteiger partial charge in [0.2, 0.25) is 0 Å². The number of amides is 1. The van der Waals surface area contributed by atoms with Gasteiger partial charge in [0, 0.05) is 12.8 Å². The SMILES string of the molecule is CCCC1=NN(c2ccc(OC)cc2)C(=O)[C@@H]1C(C)=NCCOC. The summed E-state index contributed by atoms with van der Waals surface area (Å²) in [5, 5.41) is 6.04. The van der Waals surface area contributed by atoms with Crippen LogP contribution in [0.15, 0.2) is 34.4 Å². The summed E-state index contributed by atoms with van der Waals surface area (Å²) in [5.41, 5.74) is 2.40. The van der Waals surface area contributed by atoms with Crippen LogP contribution in [-0.2, 0) is 9.53 Å². The molecular formula is C18H25N3O3. The predicted octanol–water partition coefficient (Wildman–Crippen LogP) is 2.92. The Morgan fingerprint density at radius 1 is 1.29 bits per heavy atom. The van der Waals surface area contributed by atoms with Crippen LogP contribution >= 0.6 is 0 Å². The summed E-state index contributed by atoms with van der Waals surface area (Å²) in [5.74, 6) is 0.322. The van der Waals surface area contributed by atoms with Crippen molar-refractivity contribution in [2.45, 2.75) is 26.7 Å². The highest BCUT2D eigenvalue weighted by atomic mass is 16.5. The van der Waals surface area contributed by atoms with Gasteiger partial charge in [0.1, 0.15) is 11.7 Å². The Hall–Kier alpha value is -2.21. The van der Waals surface area contributed by atoms with E-state index >= 15 is 0 Å². The minimum atomic E-state index is -0.371. The fourth-order valence-corrected chi connectivity index (χ4v) is 2.68. The average Bonchev–Trinajstić information content (AvgIpc) is 2.92. The van der Waals surface area contributed by atoms with Crippen LogP contribution in [0, 0.1) is 5.92 Å². The van der Waals surface area contributed by atoms with Gasteiger partial charge in [0.25, 0.3) is 5.91 Å². The Labute approximate surface area is 143 Å². The van der Waals surface area contributed by atoms with Crippen LogP contribution in [0.4, 0.5) is 5.69 Å². The second-order valence-corrected chi connectivity index (χ2v) is 5.64. The summed E-state index contributed by atoms with van der Waals surface area (Å²) < 4.78 is 10.2. The van der Waals surface area contributed by atoms with Gasteiger partial charge in [0.05, 0.1) is 31.7 Å². The van der Waals surface area contributed by atoms with Crippen molar-refractivity contribution in [3.8, 4) is 5.75 Å². The maximum absolute atomic E-state index is 12.9. The summed E-state index contributed by atoms with van der Waals surface area (Å²) in [6.45, 7) is 5.06. The molecule has 0 unspecified atom stereocenters. The number of anilines is 1. The van der Waals surface area contributed by atoms with Crippen molar-refractivity contribution in [1.29, 1.82) is 0 Å². The molecule has 6 heteroatoms. The fraction of sp³-hybridized carbons (Fsp3) is 0.500. The van der Waals surface area contributed by atoms with Crippen LogP contribution in [0.3, 0.4) is 0 Å². The Balaban J connectivity index is 2.25. The molecule has 24 heavy (non-hydrogen) atoms. The van der Waals surface area contributed by atoms with Crippen molar-refractivity contribution in [1.82, 2.24) is 0 Å². The molecule has 0 fully saturated rings. The summed E-state index contributed by atoms with van der Waals surface area (Å²) in [4.78, 5) is 17.4. The Morgan fingerprint density at radius 2 is 2.00 bits per heavy atom. The van der Waals surface area contributed by atoms with Crippen LogP contribution in [0.2, 0.25) is 0 Å². The zero-order valence-electron chi connectivity index (χ0n) is 14.8. The summed E-state index contributed by atoms with van der Waals surface area (Å²) in [7, 11) is 3.25. The fourth-order valence-electron chi connectivity index (χ4n) is 2.68. The van der Waals surface area contributed by atoms with Gasteiger partial charge in [-0.15, -0.1) is 0 Å². The van der Waals surface area contributed by atoms with Crippen molar-refractivity contribution in [2.75, 3.05) is 32.4 Å². The van der Waals surface area contributed by atoms with E-state index in [4.69, 9.17) is 9.47 Å². The van der Waals surface area contributed by atoms with Gasteiger partial charge in [-0.1, -0.05) is 13.3 Å². The molecule has 0 aliphatic carbocycles. The van der Waals surface area contributed by atoms with Crippen molar-refractivity contribution in [2.24, 2.45) is 16.0 Å². The molecule has 1 amide bonds. The number of aliphatic imine (C=N–C) groups is 1. The molecule has 130 valence electrons. The van der Waals surface area contributed by atoms with Gasteiger partial charge in [-0.2, -0.15) is 10.1 Å². The second-order valence-electron chi connectivity index (χ2n) is 5.64. The number of ether oxygens (including phenoxy) is 2. The number of hydrogen-bond acceptors (Lipinski definition) is 5. The van der Waals surface area contributed by atoms with Crippen LogP contribution in [0.1, 0.15) is 26.7 Å². The second kappa shape index (κ2) is 8.59. The number of carbonyl (C=O) groups excluding carboxylic acids is 1. The van der Waals surface area contributed by atoms with Gasteiger partial charge in [-0.05, 0) is 37.6 Å². The first-order chi connectivity index (χ1) is 11.6. The van der Waals surface area contributed by atoms with Gasteiger partial charge >= 0.3 is 0 Å². The third kappa shape index (κ3) is 4.00. The van der Waals surface area contributed by atoms with E-state index in [9.17, 15) is 4.79 Å². The maximum atomic E-state index is 12.9. The zero-order valence-corrected chi connectivity index (χ0v) is 14.8. The lowest BCUT2D eigenvalue weighted by Crippen LogP contribution is -2.32. The first-order valence-corrected chi connectivity index (χ1v) is 8.17. The van der Waals surface area contributed by atoms with Crippen molar-refractivity contribution >= 4 is 23.0 Å². The van der Waals surface area contributed by atoms with Crippen LogP contribution in [0.5, 0.6) is 5.75 Å². The minimum absolute atomic E-state index is 0.0534. The molecule has 2 rings (SSSR count). The molecule has 0 radical (unpaired) electrons. The molecule has 0 spiro atoms. The quantitative estimate of drug-likeness (QED) is 0.543. The lowest BCUT2D eigenvalue weighted by Gasteiger charge is -2.15. The van der Waals surface area contributed by atoms with E-state index in [-0.39, 0.29) is 11.8 Å². The number of nitrogens with zero attached hydrogens (tertiary/aromatic N) is 3. The lowest BCUT2D eigenvalue weighted by atomic mass is 9.95. The smallest absolute Gasteiger partial charge is 0.261 e. The van der Waals surface area contributed by atoms with E-state index < -0.39 is 0 Å². The normalized spacial score (nSPS) is 18.1. The Morgan fingerprint density at radius 3 is 2.58 bits per heavy atom. The van der Waals surface area contributed by atoms with Crippen LogP contribution in [0.25, 0.3) is 0 Å². The number of methoxy groups -OCH3 is 2. The van der Waals surface area contributed by atoms with Gasteiger partial charge in [0.15, 0.2) is 0 Å². The monoisotopic (exact) mass is 331 g/mol. The van der Waals surface area contributed by atoms with Crippen molar-refractivity contribution in [3.63, 3.8) is 0 Å². The number of hydrazone groups is 1. The largest absolute Gasteiger partial charge is 0.497 e. The molecule has 0 aromatic heterocycles. The highest BCUT2D eigenvalue weighted by Gasteiger charge is 2.37. The van der Waals surface area contributed by atoms with E-state index in [0.717, 1.165) is 35.7 Å². The molecule has 1 aliphatic rings. The third-order valence-corrected chi connectivity index (χ3v) is 3.91. The highest BCUT2D eigenvalue weighted by Crippen LogP contribution is 2.28. The standard InChI is InChI=1S/C18H25N3O3/c1-5-6-16-17(13(2)19-11-12-23-3)18(22)21(20-16)14-7-9-15(24-4)10-8-14/h7-10,17H,5-6,11-12H2,1-4H3/t17-/m1/s1. The molecule has 0 saturated carbocycles. The minimum Gasteiger partial charge on any atom is -0.497 e. The molecule has 0 N–H and O–H groups in total. The molecule has 1 atom stereocenters. The van der Waals surface area contributed by atoms with Crippen LogP contribution in [-0.4, -0.2) is 44.7 Å². The lowest BCUT2D eigenvalue weighted by molar-refractivity contribution is -0.118. The maximum Gasteiger partial charge on any atom is 0.261 e.